The third kappa shape index (κ3) is 4.47. The summed E-state index contributed by atoms with van der Waals surface area (Å²) in [5.74, 6) is -0.205. The molecule has 0 spiro atoms. The monoisotopic (exact) mass is 477 g/mol. The van der Waals surface area contributed by atoms with Gasteiger partial charge in [0.1, 0.15) is 12.4 Å². The van der Waals surface area contributed by atoms with Gasteiger partial charge in [0.2, 0.25) is 0 Å². The largest absolute Gasteiger partial charge is 0.496 e. The fraction of sp³-hybridized carbons (Fsp3) is 0.478. The Bertz CT molecular complexity index is 932. The molecule has 0 aromatic heterocycles. The van der Waals surface area contributed by atoms with Crippen molar-refractivity contribution in [1.82, 2.24) is 5.32 Å². The van der Waals surface area contributed by atoms with Gasteiger partial charge in [0.25, 0.3) is 0 Å². The first kappa shape index (κ1) is 22.6. The van der Waals surface area contributed by atoms with E-state index >= 15 is 0 Å². The summed E-state index contributed by atoms with van der Waals surface area (Å²) in [6.07, 6.45) is 1.18. The third-order valence-electron chi connectivity index (χ3n) is 5.49. The van der Waals surface area contributed by atoms with Crippen LogP contribution in [0, 0.1) is 5.41 Å². The van der Waals surface area contributed by atoms with Gasteiger partial charge in [0.05, 0.1) is 23.8 Å². The van der Waals surface area contributed by atoms with E-state index in [4.69, 9.17) is 14.2 Å². The second-order valence-electron chi connectivity index (χ2n) is 8.45. The predicted molar refractivity (Wildman–Crippen MR) is 117 cm³/mol. The lowest BCUT2D eigenvalue weighted by molar-refractivity contribution is -0.140. The van der Waals surface area contributed by atoms with Gasteiger partial charge in [-0.3, -0.25) is 4.79 Å². The van der Waals surface area contributed by atoms with Gasteiger partial charge in [-0.2, -0.15) is 0 Å². The number of carbonyl (C=O) groups excluding carboxylic acids is 2. The van der Waals surface area contributed by atoms with Crippen molar-refractivity contribution in [3.05, 3.63) is 50.8 Å². The molecule has 1 aliphatic carbocycles. The normalized spacial score (nSPS) is 20.6. The topological polar surface area (TPSA) is 73.9 Å². The number of methoxy groups -OCH3 is 2. The lowest BCUT2D eigenvalue weighted by Crippen LogP contribution is -2.38. The minimum Gasteiger partial charge on any atom is -0.496 e. The minimum absolute atomic E-state index is 0.0559. The molecule has 0 saturated heterocycles. The number of hydrogen-bond acceptors (Lipinski definition) is 6. The van der Waals surface area contributed by atoms with E-state index in [9.17, 15) is 9.59 Å². The highest BCUT2D eigenvalue weighted by atomic mass is 79.9. The van der Waals surface area contributed by atoms with Crippen LogP contribution in [0.5, 0.6) is 5.75 Å². The molecule has 0 saturated carbocycles. The van der Waals surface area contributed by atoms with Crippen molar-refractivity contribution in [3.8, 4) is 5.75 Å². The quantitative estimate of drug-likeness (QED) is 0.487. The van der Waals surface area contributed by atoms with Crippen LogP contribution in [0.15, 0.2) is 45.2 Å². The number of benzene rings is 1. The Hall–Kier alpha value is -2.12. The number of Topliss-reactive ketones (excluding diaryl/α,β-unsaturated/α-hetero) is 1. The molecule has 0 amide bonds. The van der Waals surface area contributed by atoms with E-state index in [0.717, 1.165) is 22.2 Å². The van der Waals surface area contributed by atoms with Crippen molar-refractivity contribution in [2.24, 2.45) is 5.41 Å². The SMILES string of the molecule is COCCOC(=O)C1=C(C)NC2=C(C(=O)CC(C)(C)C2)[C@H]1c1ccc(OC)c(Br)c1. The first-order valence-corrected chi connectivity index (χ1v) is 10.7. The maximum absolute atomic E-state index is 13.2. The Balaban J connectivity index is 2.11. The van der Waals surface area contributed by atoms with Crippen molar-refractivity contribution in [2.45, 2.75) is 39.5 Å². The third-order valence-corrected chi connectivity index (χ3v) is 6.11. The average molecular weight is 478 g/mol. The van der Waals surface area contributed by atoms with Gasteiger partial charge in [-0.05, 0) is 52.4 Å². The molecule has 1 N–H and O–H groups in total. The molecule has 3 rings (SSSR count). The predicted octanol–water partition coefficient (Wildman–Crippen LogP) is 4.25. The zero-order valence-electron chi connectivity index (χ0n) is 18.1. The lowest BCUT2D eigenvalue weighted by Gasteiger charge is -2.39. The molecule has 6 nitrogen and oxygen atoms in total. The molecule has 1 aromatic rings. The number of esters is 1. The van der Waals surface area contributed by atoms with Gasteiger partial charge in [-0.1, -0.05) is 19.9 Å². The van der Waals surface area contributed by atoms with Crippen molar-refractivity contribution >= 4 is 27.7 Å². The van der Waals surface area contributed by atoms with Gasteiger partial charge < -0.3 is 19.5 Å². The van der Waals surface area contributed by atoms with E-state index < -0.39 is 11.9 Å². The van der Waals surface area contributed by atoms with Crippen LogP contribution >= 0.6 is 15.9 Å². The Labute approximate surface area is 185 Å². The van der Waals surface area contributed by atoms with Crippen LogP contribution in [0.25, 0.3) is 0 Å². The van der Waals surface area contributed by atoms with Gasteiger partial charge in [0, 0.05) is 36.4 Å². The number of allylic oxidation sites excluding steroid dienone is 3. The fourth-order valence-corrected chi connectivity index (χ4v) is 4.76. The highest BCUT2D eigenvalue weighted by molar-refractivity contribution is 9.10. The lowest BCUT2D eigenvalue weighted by atomic mass is 9.68. The van der Waals surface area contributed by atoms with Crippen LogP contribution in [0.1, 0.15) is 45.1 Å². The Morgan fingerprint density at radius 1 is 1.23 bits per heavy atom. The van der Waals surface area contributed by atoms with Crippen LogP contribution < -0.4 is 10.1 Å². The maximum atomic E-state index is 13.2. The molecular weight excluding hydrogens is 450 g/mol. The molecule has 162 valence electrons. The standard InChI is InChI=1S/C23H28BrNO5/c1-13-19(22(27)30-9-8-28-4)20(14-6-7-18(29-5)15(24)10-14)21-16(25-13)11-23(2,3)12-17(21)26/h6-7,10,20,25H,8-9,11-12H2,1-5H3/t20-/m0/s1. The molecule has 0 fully saturated rings. The molecule has 1 aromatic carbocycles. The smallest absolute Gasteiger partial charge is 0.336 e. The van der Waals surface area contributed by atoms with Crippen LogP contribution in [0.2, 0.25) is 0 Å². The molecule has 2 aliphatic rings. The van der Waals surface area contributed by atoms with E-state index in [1.54, 1.807) is 14.2 Å². The Morgan fingerprint density at radius 3 is 2.60 bits per heavy atom. The minimum atomic E-state index is -0.498. The van der Waals surface area contributed by atoms with E-state index in [1.807, 2.05) is 25.1 Å². The Morgan fingerprint density at radius 2 is 1.97 bits per heavy atom. The summed E-state index contributed by atoms with van der Waals surface area (Å²) in [7, 11) is 3.15. The molecule has 0 bridgehead atoms. The summed E-state index contributed by atoms with van der Waals surface area (Å²) >= 11 is 3.53. The van der Waals surface area contributed by atoms with Crippen molar-refractivity contribution < 1.29 is 23.8 Å². The van der Waals surface area contributed by atoms with Gasteiger partial charge >= 0.3 is 5.97 Å². The number of carbonyl (C=O) groups is 2. The van der Waals surface area contributed by atoms with Crippen LogP contribution in [-0.4, -0.2) is 39.2 Å². The van der Waals surface area contributed by atoms with Crippen LogP contribution in [0.3, 0.4) is 0 Å². The van der Waals surface area contributed by atoms with Gasteiger partial charge in [0.15, 0.2) is 5.78 Å². The first-order valence-electron chi connectivity index (χ1n) is 9.92. The van der Waals surface area contributed by atoms with Crippen molar-refractivity contribution in [3.63, 3.8) is 0 Å². The number of ether oxygens (including phenoxy) is 3. The van der Waals surface area contributed by atoms with Crippen molar-refractivity contribution in [2.75, 3.05) is 27.4 Å². The molecule has 7 heteroatoms. The van der Waals surface area contributed by atoms with Crippen molar-refractivity contribution in [1.29, 1.82) is 0 Å². The second kappa shape index (κ2) is 8.94. The fourth-order valence-electron chi connectivity index (χ4n) is 4.20. The second-order valence-corrected chi connectivity index (χ2v) is 9.31. The summed E-state index contributed by atoms with van der Waals surface area (Å²) in [5, 5.41) is 3.33. The van der Waals surface area contributed by atoms with E-state index in [2.05, 4.69) is 35.1 Å². The summed E-state index contributed by atoms with van der Waals surface area (Å²) in [5.41, 5.74) is 3.40. The van der Waals surface area contributed by atoms with Crippen LogP contribution in [0.4, 0.5) is 0 Å². The Kier molecular flexibility index (Phi) is 6.72. The molecule has 1 aliphatic heterocycles. The van der Waals surface area contributed by atoms with Gasteiger partial charge in [-0.15, -0.1) is 0 Å². The molecule has 1 atom stereocenters. The zero-order chi connectivity index (χ0) is 22.1. The highest BCUT2D eigenvalue weighted by Gasteiger charge is 2.43. The van der Waals surface area contributed by atoms with E-state index in [1.165, 1.54) is 0 Å². The molecule has 1 heterocycles. The highest BCUT2D eigenvalue weighted by Crippen LogP contribution is 2.47. The molecular formula is C23H28BrNO5. The molecule has 0 radical (unpaired) electrons. The number of nitrogens with one attached hydrogen (secondary N) is 1. The number of dihydropyridines is 1. The number of ketones is 1. The summed E-state index contributed by atoms with van der Waals surface area (Å²) < 4.78 is 16.5. The van der Waals surface area contributed by atoms with E-state index in [-0.39, 0.29) is 17.8 Å². The average Bonchev–Trinajstić information content (AvgIpc) is 2.65. The van der Waals surface area contributed by atoms with E-state index in [0.29, 0.717) is 35.6 Å². The number of hydrogen-bond donors (Lipinski definition) is 1. The summed E-state index contributed by atoms with van der Waals surface area (Å²) in [6.45, 7) is 6.49. The molecule has 0 unspecified atom stereocenters. The first-order chi connectivity index (χ1) is 14.2. The summed E-state index contributed by atoms with van der Waals surface area (Å²) in [6, 6.07) is 5.64. The number of halogens is 1. The zero-order valence-corrected chi connectivity index (χ0v) is 19.6. The van der Waals surface area contributed by atoms with Gasteiger partial charge in [-0.25, -0.2) is 4.79 Å². The molecule has 30 heavy (non-hydrogen) atoms. The van der Waals surface area contributed by atoms with Crippen LogP contribution in [-0.2, 0) is 19.1 Å². The summed E-state index contributed by atoms with van der Waals surface area (Å²) in [4.78, 5) is 26.3. The maximum Gasteiger partial charge on any atom is 0.336 e. The number of rotatable bonds is 6.